The smallest absolute Gasteiger partial charge is 0.269 e. The summed E-state index contributed by atoms with van der Waals surface area (Å²) in [7, 11) is 0. The minimum Gasteiger partial charge on any atom is -0.322 e. The lowest BCUT2D eigenvalue weighted by Crippen LogP contribution is -2.13. The lowest BCUT2D eigenvalue weighted by atomic mass is 10.1. The van der Waals surface area contributed by atoms with Crippen LogP contribution in [-0.2, 0) is 0 Å². The molecule has 1 amide bonds. The van der Waals surface area contributed by atoms with Crippen LogP contribution in [0.4, 0.5) is 11.4 Å². The van der Waals surface area contributed by atoms with Crippen LogP contribution < -0.4 is 5.32 Å². The largest absolute Gasteiger partial charge is 0.322 e. The maximum Gasteiger partial charge on any atom is 0.269 e. The molecule has 0 radical (unpaired) electrons. The molecule has 2 aromatic carbocycles. The maximum atomic E-state index is 12.1. The van der Waals surface area contributed by atoms with Crippen molar-refractivity contribution in [1.29, 1.82) is 0 Å². The van der Waals surface area contributed by atoms with E-state index in [9.17, 15) is 14.9 Å². The molecule has 5 nitrogen and oxygen atoms in total. The second kappa shape index (κ2) is 5.93. The van der Waals surface area contributed by atoms with Crippen molar-refractivity contribution in [3.8, 4) is 0 Å². The standard InChI is InChI=1S/C15H13ClN2O3/c1-9-3-4-11(8-13(9)16)15(19)17-14-6-5-12(18(20)21)7-10(14)2/h3-8H,1-2H3,(H,17,19). The van der Waals surface area contributed by atoms with Gasteiger partial charge in [0.2, 0.25) is 0 Å². The number of aryl methyl sites for hydroxylation is 2. The number of benzene rings is 2. The van der Waals surface area contributed by atoms with E-state index in [0.29, 0.717) is 21.8 Å². The highest BCUT2D eigenvalue weighted by molar-refractivity contribution is 6.31. The van der Waals surface area contributed by atoms with E-state index in [1.807, 2.05) is 6.92 Å². The zero-order valence-electron chi connectivity index (χ0n) is 11.5. The number of non-ortho nitro benzene ring substituents is 1. The first-order valence-corrected chi connectivity index (χ1v) is 6.59. The van der Waals surface area contributed by atoms with Gasteiger partial charge in [0.25, 0.3) is 11.6 Å². The number of carbonyl (C=O) groups excluding carboxylic acids is 1. The van der Waals surface area contributed by atoms with Gasteiger partial charge in [-0.3, -0.25) is 14.9 Å². The molecular formula is C15H13ClN2O3. The van der Waals surface area contributed by atoms with Crippen molar-refractivity contribution in [2.45, 2.75) is 13.8 Å². The highest BCUT2D eigenvalue weighted by atomic mass is 35.5. The van der Waals surface area contributed by atoms with Gasteiger partial charge in [-0.05, 0) is 43.2 Å². The Balaban J connectivity index is 2.23. The van der Waals surface area contributed by atoms with Crippen LogP contribution in [0.5, 0.6) is 0 Å². The van der Waals surface area contributed by atoms with Gasteiger partial charge in [0, 0.05) is 28.4 Å². The lowest BCUT2D eigenvalue weighted by molar-refractivity contribution is -0.384. The van der Waals surface area contributed by atoms with E-state index in [1.165, 1.54) is 18.2 Å². The molecule has 0 aromatic heterocycles. The van der Waals surface area contributed by atoms with Crippen molar-refractivity contribution >= 4 is 28.9 Å². The topological polar surface area (TPSA) is 72.2 Å². The molecule has 1 N–H and O–H groups in total. The van der Waals surface area contributed by atoms with E-state index in [0.717, 1.165) is 5.56 Å². The Kier molecular flexibility index (Phi) is 4.23. The van der Waals surface area contributed by atoms with E-state index < -0.39 is 4.92 Å². The molecule has 0 aliphatic carbocycles. The zero-order chi connectivity index (χ0) is 15.6. The van der Waals surface area contributed by atoms with E-state index in [-0.39, 0.29) is 11.6 Å². The van der Waals surface area contributed by atoms with Crippen LogP contribution in [0.2, 0.25) is 5.02 Å². The van der Waals surface area contributed by atoms with Crippen LogP contribution in [0.15, 0.2) is 36.4 Å². The van der Waals surface area contributed by atoms with Gasteiger partial charge in [-0.25, -0.2) is 0 Å². The van der Waals surface area contributed by atoms with E-state index in [4.69, 9.17) is 11.6 Å². The summed E-state index contributed by atoms with van der Waals surface area (Å²) in [5.41, 5.74) is 2.46. The fraction of sp³-hybridized carbons (Fsp3) is 0.133. The summed E-state index contributed by atoms with van der Waals surface area (Å²) in [6.45, 7) is 3.55. The summed E-state index contributed by atoms with van der Waals surface area (Å²) in [6.07, 6.45) is 0. The number of amides is 1. The molecule has 0 heterocycles. The number of hydrogen-bond donors (Lipinski definition) is 1. The van der Waals surface area contributed by atoms with Crippen LogP contribution in [-0.4, -0.2) is 10.8 Å². The van der Waals surface area contributed by atoms with E-state index in [2.05, 4.69) is 5.32 Å². The second-order valence-corrected chi connectivity index (χ2v) is 5.08. The fourth-order valence-electron chi connectivity index (χ4n) is 1.83. The molecule has 21 heavy (non-hydrogen) atoms. The highest BCUT2D eigenvalue weighted by Gasteiger charge is 2.12. The molecule has 0 bridgehead atoms. The Morgan fingerprint density at radius 3 is 2.43 bits per heavy atom. The number of nitrogens with one attached hydrogen (secondary N) is 1. The Morgan fingerprint density at radius 1 is 1.14 bits per heavy atom. The van der Waals surface area contributed by atoms with Gasteiger partial charge >= 0.3 is 0 Å². The van der Waals surface area contributed by atoms with Gasteiger partial charge < -0.3 is 5.32 Å². The first-order chi connectivity index (χ1) is 9.88. The van der Waals surface area contributed by atoms with Crippen molar-refractivity contribution in [3.63, 3.8) is 0 Å². The predicted octanol–water partition coefficient (Wildman–Crippen LogP) is 4.12. The summed E-state index contributed by atoms with van der Waals surface area (Å²) in [5, 5.41) is 13.9. The molecule has 0 fully saturated rings. The van der Waals surface area contributed by atoms with Gasteiger partial charge in [-0.1, -0.05) is 17.7 Å². The summed E-state index contributed by atoms with van der Waals surface area (Å²) < 4.78 is 0. The summed E-state index contributed by atoms with van der Waals surface area (Å²) in [4.78, 5) is 22.4. The van der Waals surface area contributed by atoms with Crippen LogP contribution in [0.1, 0.15) is 21.5 Å². The first-order valence-electron chi connectivity index (χ1n) is 6.21. The number of rotatable bonds is 3. The first kappa shape index (κ1) is 15.0. The van der Waals surface area contributed by atoms with Gasteiger partial charge in [-0.2, -0.15) is 0 Å². The van der Waals surface area contributed by atoms with Crippen molar-refractivity contribution in [2.24, 2.45) is 0 Å². The molecule has 2 aromatic rings. The van der Waals surface area contributed by atoms with Gasteiger partial charge in [0.1, 0.15) is 0 Å². The Hall–Kier alpha value is -2.40. The monoisotopic (exact) mass is 304 g/mol. The predicted molar refractivity (Wildman–Crippen MR) is 82.0 cm³/mol. The third-order valence-corrected chi connectivity index (χ3v) is 3.51. The maximum absolute atomic E-state index is 12.1. The van der Waals surface area contributed by atoms with Crippen LogP contribution in [0.25, 0.3) is 0 Å². The number of carbonyl (C=O) groups is 1. The zero-order valence-corrected chi connectivity index (χ0v) is 12.3. The SMILES string of the molecule is Cc1ccc(C(=O)Nc2ccc([N+](=O)[O-])cc2C)cc1Cl. The molecule has 2 rings (SSSR count). The molecule has 0 spiro atoms. The minimum absolute atomic E-state index is 0.0103. The van der Waals surface area contributed by atoms with Crippen LogP contribution in [0.3, 0.4) is 0 Å². The quantitative estimate of drug-likeness (QED) is 0.685. The summed E-state index contributed by atoms with van der Waals surface area (Å²) in [6, 6.07) is 9.31. The lowest BCUT2D eigenvalue weighted by Gasteiger charge is -2.09. The highest BCUT2D eigenvalue weighted by Crippen LogP contribution is 2.22. The normalized spacial score (nSPS) is 10.2. The van der Waals surface area contributed by atoms with E-state index >= 15 is 0 Å². The molecule has 6 heteroatoms. The fourth-order valence-corrected chi connectivity index (χ4v) is 2.01. The van der Waals surface area contributed by atoms with Gasteiger partial charge in [0.05, 0.1) is 4.92 Å². The molecule has 0 unspecified atom stereocenters. The average Bonchev–Trinajstić information content (AvgIpc) is 2.43. The Bertz CT molecular complexity index is 729. The number of halogens is 1. The molecule has 0 aliphatic rings. The molecule has 0 atom stereocenters. The molecule has 0 aliphatic heterocycles. The third-order valence-electron chi connectivity index (χ3n) is 3.10. The van der Waals surface area contributed by atoms with E-state index in [1.54, 1.807) is 25.1 Å². The Morgan fingerprint density at radius 2 is 1.86 bits per heavy atom. The average molecular weight is 305 g/mol. The van der Waals surface area contributed by atoms with Gasteiger partial charge in [-0.15, -0.1) is 0 Å². The number of nitro groups is 1. The molecule has 108 valence electrons. The third kappa shape index (κ3) is 3.38. The van der Waals surface area contributed by atoms with Crippen molar-refractivity contribution < 1.29 is 9.72 Å². The van der Waals surface area contributed by atoms with Crippen molar-refractivity contribution in [2.75, 3.05) is 5.32 Å². The number of nitrogens with zero attached hydrogens (tertiary/aromatic N) is 1. The number of hydrogen-bond acceptors (Lipinski definition) is 3. The number of nitro benzene ring substituents is 1. The van der Waals surface area contributed by atoms with Crippen LogP contribution >= 0.6 is 11.6 Å². The second-order valence-electron chi connectivity index (χ2n) is 4.67. The molecular weight excluding hydrogens is 292 g/mol. The van der Waals surface area contributed by atoms with Crippen molar-refractivity contribution in [1.82, 2.24) is 0 Å². The van der Waals surface area contributed by atoms with Crippen molar-refractivity contribution in [3.05, 3.63) is 68.2 Å². The minimum atomic E-state index is -0.474. The van der Waals surface area contributed by atoms with Crippen LogP contribution in [0, 0.1) is 24.0 Å². The summed E-state index contributed by atoms with van der Waals surface area (Å²) >= 11 is 5.99. The Labute approximate surface area is 126 Å². The number of anilines is 1. The van der Waals surface area contributed by atoms with Gasteiger partial charge in [0.15, 0.2) is 0 Å². The molecule has 0 saturated carbocycles. The summed E-state index contributed by atoms with van der Waals surface area (Å²) in [5.74, 6) is -0.311. The molecule has 0 saturated heterocycles.